The topological polar surface area (TPSA) is 36.9 Å². The molecule has 5 nitrogen and oxygen atoms in total. The molecule has 0 bridgehead atoms. The van der Waals surface area contributed by atoms with Gasteiger partial charge in [0.05, 0.1) is 18.5 Å². The highest BCUT2D eigenvalue weighted by Gasteiger charge is 2.24. The third-order valence-corrected chi connectivity index (χ3v) is 4.13. The van der Waals surface area contributed by atoms with Crippen LogP contribution in [0.4, 0.5) is 5.88 Å². The predicted octanol–water partition coefficient (Wildman–Crippen LogP) is 1.77. The lowest BCUT2D eigenvalue weighted by Crippen LogP contribution is -2.47. The van der Waals surface area contributed by atoms with Crippen LogP contribution < -0.4 is 0 Å². The monoisotopic (exact) mass is 270 g/mol. The van der Waals surface area contributed by atoms with Crippen LogP contribution in [0.25, 0.3) is 0 Å². The number of aromatic nitrogens is 1. The Hall–Kier alpha value is -2.01. The average molecular weight is 270 g/mol. The van der Waals surface area contributed by atoms with Crippen LogP contribution in [0.1, 0.15) is 11.3 Å². The van der Waals surface area contributed by atoms with Crippen molar-refractivity contribution in [3.05, 3.63) is 41.9 Å². The van der Waals surface area contributed by atoms with Gasteiger partial charge < -0.3 is 18.8 Å². The summed E-state index contributed by atoms with van der Waals surface area (Å²) in [6.07, 6.45) is 3.84. The zero-order chi connectivity index (χ0) is 13.5. The number of nitrogens with zero attached hydrogens (tertiary/aromatic N) is 4. The molecule has 104 valence electrons. The summed E-state index contributed by atoms with van der Waals surface area (Å²) in [5, 5.41) is 0. The second-order valence-electron chi connectivity index (χ2n) is 5.50. The van der Waals surface area contributed by atoms with Gasteiger partial charge >= 0.3 is 0 Å². The first-order chi connectivity index (χ1) is 9.81. The van der Waals surface area contributed by atoms with E-state index in [1.165, 1.54) is 5.69 Å². The lowest BCUT2D eigenvalue weighted by Gasteiger charge is -2.34. The van der Waals surface area contributed by atoms with Gasteiger partial charge in [-0.25, -0.2) is 0 Å². The molecule has 0 radical (unpaired) electrons. The summed E-state index contributed by atoms with van der Waals surface area (Å²) in [4.78, 5) is 9.51. The maximum absolute atomic E-state index is 5.54. The van der Waals surface area contributed by atoms with Gasteiger partial charge in [-0.2, -0.15) is 4.99 Å². The summed E-state index contributed by atoms with van der Waals surface area (Å²) >= 11 is 0. The van der Waals surface area contributed by atoms with E-state index in [9.17, 15) is 0 Å². The number of hydrogen-bond donors (Lipinski definition) is 0. The molecule has 2 aliphatic rings. The summed E-state index contributed by atoms with van der Waals surface area (Å²) in [5.74, 6) is 1.79. The largest absolute Gasteiger partial charge is 0.446 e. The van der Waals surface area contributed by atoms with Gasteiger partial charge in [-0.3, -0.25) is 0 Å². The van der Waals surface area contributed by atoms with E-state index in [1.807, 2.05) is 6.07 Å². The zero-order valence-corrected chi connectivity index (χ0v) is 11.6. The smallest absolute Gasteiger partial charge is 0.225 e. The van der Waals surface area contributed by atoms with Gasteiger partial charge in [-0.05, 0) is 25.2 Å². The second kappa shape index (κ2) is 4.52. The minimum atomic E-state index is 0.752. The van der Waals surface area contributed by atoms with E-state index < -0.39 is 0 Å². The Morgan fingerprint density at radius 2 is 2.00 bits per heavy atom. The standard InChI is InChI=1S/C15H18N4O/c1-17-6-8-18(9-7-17)14-13-3-2-5-19(13)11-12-4-10-20-15(12)16-14/h2-5,10H,6-9,11H2,1H3. The lowest BCUT2D eigenvalue weighted by molar-refractivity contribution is 0.215. The van der Waals surface area contributed by atoms with Crippen molar-refractivity contribution >= 4 is 11.7 Å². The molecule has 0 amide bonds. The first kappa shape index (κ1) is 11.8. The van der Waals surface area contributed by atoms with E-state index in [4.69, 9.17) is 9.41 Å². The van der Waals surface area contributed by atoms with Crippen molar-refractivity contribution < 1.29 is 4.42 Å². The Morgan fingerprint density at radius 1 is 1.15 bits per heavy atom. The van der Waals surface area contributed by atoms with Crippen LogP contribution in [0, 0.1) is 0 Å². The van der Waals surface area contributed by atoms with Gasteiger partial charge in [0.1, 0.15) is 0 Å². The third kappa shape index (κ3) is 1.86. The van der Waals surface area contributed by atoms with Crippen LogP contribution in [-0.2, 0) is 6.54 Å². The molecule has 1 fully saturated rings. The number of hydrogen-bond acceptors (Lipinski definition) is 4. The Balaban J connectivity index is 1.77. The third-order valence-electron chi connectivity index (χ3n) is 4.13. The highest BCUT2D eigenvalue weighted by molar-refractivity contribution is 5.99. The van der Waals surface area contributed by atoms with Gasteiger partial charge in [0.15, 0.2) is 5.84 Å². The SMILES string of the molecule is CN1CCN(C2=Nc3occc3Cn3cccc32)CC1. The molecular formula is C15H18N4O. The van der Waals surface area contributed by atoms with Crippen molar-refractivity contribution in [2.75, 3.05) is 33.2 Å². The molecule has 0 saturated carbocycles. The maximum atomic E-state index is 5.54. The molecule has 2 aromatic heterocycles. The average Bonchev–Trinajstić information content (AvgIpc) is 3.06. The van der Waals surface area contributed by atoms with Gasteiger partial charge in [-0.1, -0.05) is 0 Å². The Bertz CT molecular complexity index is 646. The number of fused-ring (bicyclic) bond motifs is 2. The van der Waals surface area contributed by atoms with E-state index in [0.717, 1.165) is 50.0 Å². The summed E-state index contributed by atoms with van der Waals surface area (Å²) in [5.41, 5.74) is 2.33. The fourth-order valence-corrected chi connectivity index (χ4v) is 2.89. The van der Waals surface area contributed by atoms with Gasteiger partial charge in [0.25, 0.3) is 0 Å². The maximum Gasteiger partial charge on any atom is 0.225 e. The highest BCUT2D eigenvalue weighted by Crippen LogP contribution is 2.27. The molecule has 0 aromatic carbocycles. The van der Waals surface area contributed by atoms with Crippen LogP contribution in [0.2, 0.25) is 0 Å². The van der Waals surface area contributed by atoms with Crippen LogP contribution in [0.5, 0.6) is 0 Å². The Morgan fingerprint density at radius 3 is 2.85 bits per heavy atom. The summed E-state index contributed by atoms with van der Waals surface area (Å²) in [6, 6.07) is 6.24. The van der Waals surface area contributed by atoms with Gasteiger partial charge in [-0.15, -0.1) is 0 Å². The summed E-state index contributed by atoms with van der Waals surface area (Å²) in [6.45, 7) is 5.00. The zero-order valence-electron chi connectivity index (χ0n) is 11.6. The fraction of sp³-hybridized carbons (Fsp3) is 0.400. The molecule has 0 atom stereocenters. The molecule has 5 heteroatoms. The van der Waals surface area contributed by atoms with Crippen LogP contribution >= 0.6 is 0 Å². The van der Waals surface area contributed by atoms with Crippen molar-refractivity contribution in [3.63, 3.8) is 0 Å². The van der Waals surface area contributed by atoms with Gasteiger partial charge in [0, 0.05) is 37.9 Å². The number of rotatable bonds is 0. The van der Waals surface area contributed by atoms with Crippen molar-refractivity contribution in [1.29, 1.82) is 0 Å². The van der Waals surface area contributed by atoms with Crippen molar-refractivity contribution in [2.45, 2.75) is 6.54 Å². The summed E-state index contributed by atoms with van der Waals surface area (Å²) in [7, 11) is 2.17. The number of piperazine rings is 1. The van der Waals surface area contributed by atoms with E-state index in [-0.39, 0.29) is 0 Å². The molecule has 20 heavy (non-hydrogen) atoms. The first-order valence-electron chi connectivity index (χ1n) is 7.05. The minimum Gasteiger partial charge on any atom is -0.446 e. The molecule has 2 aliphatic heterocycles. The van der Waals surface area contributed by atoms with E-state index >= 15 is 0 Å². The van der Waals surface area contributed by atoms with Gasteiger partial charge in [0.2, 0.25) is 5.88 Å². The number of furan rings is 1. The van der Waals surface area contributed by atoms with Crippen LogP contribution in [0.3, 0.4) is 0 Å². The van der Waals surface area contributed by atoms with Crippen molar-refractivity contribution in [3.8, 4) is 0 Å². The molecule has 1 saturated heterocycles. The van der Waals surface area contributed by atoms with Crippen LogP contribution in [-0.4, -0.2) is 53.4 Å². The molecule has 0 N–H and O–H groups in total. The number of aliphatic imine (C=N–C) groups is 1. The second-order valence-corrected chi connectivity index (χ2v) is 5.50. The van der Waals surface area contributed by atoms with E-state index in [1.54, 1.807) is 6.26 Å². The molecule has 4 heterocycles. The van der Waals surface area contributed by atoms with Crippen LogP contribution in [0.15, 0.2) is 40.1 Å². The molecule has 0 unspecified atom stereocenters. The first-order valence-corrected chi connectivity index (χ1v) is 7.05. The summed E-state index contributed by atoms with van der Waals surface area (Å²) < 4.78 is 7.79. The highest BCUT2D eigenvalue weighted by atomic mass is 16.3. The quantitative estimate of drug-likeness (QED) is 0.732. The van der Waals surface area contributed by atoms with Crippen molar-refractivity contribution in [2.24, 2.45) is 4.99 Å². The molecule has 0 aliphatic carbocycles. The normalized spacial score (nSPS) is 19.2. The predicted molar refractivity (Wildman–Crippen MR) is 77.5 cm³/mol. The molecule has 0 spiro atoms. The van der Waals surface area contributed by atoms with Crippen molar-refractivity contribution in [1.82, 2.24) is 14.4 Å². The number of amidine groups is 1. The number of likely N-dealkylation sites (N-methyl/N-ethyl adjacent to an activating group) is 1. The Labute approximate surface area is 118 Å². The lowest BCUT2D eigenvalue weighted by atomic mass is 10.2. The molecule has 2 aromatic rings. The van der Waals surface area contributed by atoms with E-state index in [2.05, 4.69) is 39.7 Å². The Kier molecular flexibility index (Phi) is 2.67. The minimum absolute atomic E-state index is 0.752. The molecule has 4 rings (SSSR count). The van der Waals surface area contributed by atoms with E-state index in [0.29, 0.717) is 0 Å². The fourth-order valence-electron chi connectivity index (χ4n) is 2.89. The molecular weight excluding hydrogens is 252 g/mol.